The zero-order chi connectivity index (χ0) is 22.6. The Kier molecular flexibility index (Phi) is 6.60. The van der Waals surface area contributed by atoms with Gasteiger partial charge in [0, 0.05) is 6.42 Å². The molecule has 31 heavy (non-hydrogen) atoms. The number of rotatable bonds is 7. The number of nitrogens with zero attached hydrogens (tertiary/aromatic N) is 1. The van der Waals surface area contributed by atoms with Gasteiger partial charge in [0.2, 0.25) is 5.91 Å². The van der Waals surface area contributed by atoms with Crippen LogP contribution in [0.5, 0.6) is 0 Å². The largest absolute Gasteiger partial charge is 0.354 e. The first kappa shape index (κ1) is 22.3. The van der Waals surface area contributed by atoms with Crippen LogP contribution in [0.2, 0.25) is 0 Å². The molecule has 0 aliphatic heterocycles. The molecular weight excluding hydrogens is 414 g/mol. The Labute approximate surface area is 182 Å². The van der Waals surface area contributed by atoms with Crippen molar-refractivity contribution in [3.8, 4) is 0 Å². The summed E-state index contributed by atoms with van der Waals surface area (Å²) in [4.78, 5) is 11.9. The van der Waals surface area contributed by atoms with Gasteiger partial charge in [-0.25, -0.2) is 8.42 Å². The zero-order valence-electron chi connectivity index (χ0n) is 17.9. The van der Waals surface area contributed by atoms with Crippen LogP contribution in [-0.4, -0.2) is 19.5 Å². The number of hydrogen-bond donors (Lipinski definition) is 2. The van der Waals surface area contributed by atoms with Crippen LogP contribution in [-0.2, 0) is 14.8 Å². The van der Waals surface area contributed by atoms with Gasteiger partial charge >= 0.3 is 0 Å². The lowest BCUT2D eigenvalue weighted by Gasteiger charge is -2.11. The Bertz CT molecular complexity index is 1230. The molecule has 0 fully saturated rings. The molecule has 0 aliphatic carbocycles. The molecule has 1 heterocycles. The van der Waals surface area contributed by atoms with Crippen LogP contribution < -0.4 is 10.0 Å². The number of benzene rings is 2. The lowest BCUT2D eigenvalue weighted by molar-refractivity contribution is -0.115. The van der Waals surface area contributed by atoms with E-state index in [1.807, 2.05) is 26.0 Å². The normalized spacial score (nSPS) is 11.6. The second-order valence-corrected chi connectivity index (χ2v) is 8.92. The predicted octanol–water partition coefficient (Wildman–Crippen LogP) is 4.92. The molecule has 0 atom stereocenters. The molecule has 3 rings (SSSR count). The summed E-state index contributed by atoms with van der Waals surface area (Å²) in [5.74, 6) is 0.291. The van der Waals surface area contributed by atoms with Gasteiger partial charge in [0.25, 0.3) is 10.0 Å². The maximum Gasteiger partial charge on any atom is 0.261 e. The van der Waals surface area contributed by atoms with Crippen LogP contribution in [0.25, 0.3) is 12.2 Å². The van der Waals surface area contributed by atoms with Crippen molar-refractivity contribution < 1.29 is 17.7 Å². The number of aryl methyl sites for hydroxylation is 3. The Balaban J connectivity index is 1.77. The third-order valence-electron chi connectivity index (χ3n) is 4.73. The first-order valence-corrected chi connectivity index (χ1v) is 11.3. The van der Waals surface area contributed by atoms with E-state index in [9.17, 15) is 13.2 Å². The van der Waals surface area contributed by atoms with Crippen molar-refractivity contribution in [3.05, 3.63) is 70.6 Å². The number of nitrogens with one attached hydrogen (secondary N) is 2. The van der Waals surface area contributed by atoms with Crippen LogP contribution in [0.4, 0.5) is 11.4 Å². The first-order valence-electron chi connectivity index (χ1n) is 9.84. The van der Waals surface area contributed by atoms with E-state index in [1.54, 1.807) is 56.3 Å². The van der Waals surface area contributed by atoms with Gasteiger partial charge in [-0.2, -0.15) is 0 Å². The number of sulfonamides is 1. The van der Waals surface area contributed by atoms with Crippen LogP contribution in [0.15, 0.2) is 51.9 Å². The fourth-order valence-corrected chi connectivity index (χ4v) is 3.98. The quantitative estimate of drug-likeness (QED) is 0.544. The second kappa shape index (κ2) is 9.18. The van der Waals surface area contributed by atoms with E-state index in [1.165, 1.54) is 0 Å². The van der Waals surface area contributed by atoms with E-state index < -0.39 is 10.0 Å². The Morgan fingerprint density at radius 1 is 1.06 bits per heavy atom. The van der Waals surface area contributed by atoms with Gasteiger partial charge in [-0.3, -0.25) is 9.52 Å². The van der Waals surface area contributed by atoms with E-state index in [4.69, 9.17) is 4.52 Å². The molecule has 2 N–H and O–H groups in total. The highest BCUT2D eigenvalue weighted by molar-refractivity contribution is 7.92. The fraction of sp³-hybridized carbons (Fsp3) is 0.217. The Hall–Kier alpha value is -3.39. The molecule has 0 saturated heterocycles. The SMILES string of the molecule is CCC(=O)Nc1c(C)noc1/C=C\c1ccc(S(=O)(=O)Nc2cc(C)ccc2C)cc1. The minimum atomic E-state index is -3.71. The van der Waals surface area contributed by atoms with Crippen molar-refractivity contribution in [1.29, 1.82) is 0 Å². The fourth-order valence-electron chi connectivity index (χ4n) is 2.86. The maximum atomic E-state index is 12.7. The van der Waals surface area contributed by atoms with Crippen LogP contribution in [0.3, 0.4) is 0 Å². The molecule has 0 saturated carbocycles. The van der Waals surface area contributed by atoms with Crippen LogP contribution >= 0.6 is 0 Å². The summed E-state index contributed by atoms with van der Waals surface area (Å²) in [6.45, 7) is 7.27. The van der Waals surface area contributed by atoms with Crippen molar-refractivity contribution in [2.45, 2.75) is 39.0 Å². The van der Waals surface area contributed by atoms with E-state index in [0.717, 1.165) is 16.7 Å². The van der Waals surface area contributed by atoms with Gasteiger partial charge < -0.3 is 9.84 Å². The number of hydrogen-bond acceptors (Lipinski definition) is 5. The summed E-state index contributed by atoms with van der Waals surface area (Å²) in [5, 5.41) is 6.66. The van der Waals surface area contributed by atoms with Crippen molar-refractivity contribution in [3.63, 3.8) is 0 Å². The molecule has 0 unspecified atom stereocenters. The van der Waals surface area contributed by atoms with Crippen molar-refractivity contribution in [2.24, 2.45) is 0 Å². The maximum absolute atomic E-state index is 12.7. The molecule has 0 aliphatic rings. The highest BCUT2D eigenvalue weighted by Gasteiger charge is 2.16. The van der Waals surface area contributed by atoms with Crippen LogP contribution in [0, 0.1) is 20.8 Å². The first-order chi connectivity index (χ1) is 14.7. The van der Waals surface area contributed by atoms with Gasteiger partial charge in [-0.05, 0) is 61.7 Å². The average Bonchev–Trinajstić information content (AvgIpc) is 3.08. The number of amides is 1. The monoisotopic (exact) mass is 439 g/mol. The number of aromatic nitrogens is 1. The average molecular weight is 440 g/mol. The Morgan fingerprint density at radius 3 is 2.45 bits per heavy atom. The minimum Gasteiger partial charge on any atom is -0.354 e. The van der Waals surface area contributed by atoms with Gasteiger partial charge in [0.05, 0.1) is 10.6 Å². The third kappa shape index (κ3) is 5.40. The summed E-state index contributed by atoms with van der Waals surface area (Å²) >= 11 is 0. The van der Waals surface area contributed by atoms with Gasteiger partial charge in [-0.15, -0.1) is 0 Å². The minimum absolute atomic E-state index is 0.133. The van der Waals surface area contributed by atoms with Crippen molar-refractivity contribution in [2.75, 3.05) is 10.0 Å². The molecule has 0 radical (unpaired) electrons. The molecule has 8 heteroatoms. The summed E-state index contributed by atoms with van der Waals surface area (Å²) < 4.78 is 33.4. The number of carbonyl (C=O) groups is 1. The molecule has 0 bridgehead atoms. The highest BCUT2D eigenvalue weighted by atomic mass is 32.2. The van der Waals surface area contributed by atoms with Crippen molar-refractivity contribution in [1.82, 2.24) is 5.16 Å². The molecule has 1 amide bonds. The van der Waals surface area contributed by atoms with Crippen LogP contribution in [0.1, 0.15) is 41.5 Å². The third-order valence-corrected chi connectivity index (χ3v) is 6.11. The van der Waals surface area contributed by atoms with E-state index in [0.29, 0.717) is 29.2 Å². The molecule has 1 aromatic heterocycles. The number of anilines is 2. The molecule has 2 aromatic carbocycles. The summed E-state index contributed by atoms with van der Waals surface area (Å²) in [6, 6.07) is 12.1. The summed E-state index contributed by atoms with van der Waals surface area (Å²) in [5.41, 5.74) is 4.27. The topological polar surface area (TPSA) is 101 Å². The van der Waals surface area contributed by atoms with Crippen molar-refractivity contribution >= 4 is 39.5 Å². The lowest BCUT2D eigenvalue weighted by atomic mass is 10.1. The van der Waals surface area contributed by atoms with E-state index in [-0.39, 0.29) is 10.8 Å². The van der Waals surface area contributed by atoms with E-state index in [2.05, 4.69) is 15.2 Å². The van der Waals surface area contributed by atoms with Gasteiger partial charge in [-0.1, -0.05) is 42.4 Å². The van der Waals surface area contributed by atoms with Gasteiger partial charge in [0.15, 0.2) is 5.76 Å². The lowest BCUT2D eigenvalue weighted by Crippen LogP contribution is -2.13. The zero-order valence-corrected chi connectivity index (χ0v) is 18.7. The summed E-state index contributed by atoms with van der Waals surface area (Å²) in [7, 11) is -3.71. The second-order valence-electron chi connectivity index (χ2n) is 7.24. The molecule has 162 valence electrons. The van der Waals surface area contributed by atoms with E-state index >= 15 is 0 Å². The molecule has 0 spiro atoms. The molecule has 3 aromatic rings. The summed E-state index contributed by atoms with van der Waals surface area (Å²) in [6.07, 6.45) is 3.79. The standard InChI is InChI=1S/C23H25N3O4S/c1-5-22(27)24-23-17(4)25-30-21(23)13-10-18-8-11-19(12-9-18)31(28,29)26-20-14-15(2)6-7-16(20)3/h6-14,26H,5H2,1-4H3,(H,24,27)/b13-10-. The predicted molar refractivity (Wildman–Crippen MR) is 122 cm³/mol. The highest BCUT2D eigenvalue weighted by Crippen LogP contribution is 2.24. The molecule has 7 nitrogen and oxygen atoms in total. The smallest absolute Gasteiger partial charge is 0.261 e. The molecular formula is C23H25N3O4S. The Morgan fingerprint density at radius 2 is 1.77 bits per heavy atom. The van der Waals surface area contributed by atoms with Gasteiger partial charge in [0.1, 0.15) is 11.4 Å². The number of carbonyl (C=O) groups excluding carboxylic acids is 1.